The van der Waals surface area contributed by atoms with E-state index in [2.05, 4.69) is 20.8 Å². The number of Topliss-reactive ketones (excluding diaryl/α,β-unsaturated/α-hetero) is 1. The maximum absolute atomic E-state index is 13.8. The van der Waals surface area contributed by atoms with E-state index in [-0.39, 0.29) is 28.2 Å². The SMILES string of the molecule is CCOc1cc(C2/C(=C(\O)c3cc(C(C)(C)C)ccc3C)C(=O)C(=O)N2c2cccc3ccccc23)ccc1O. The summed E-state index contributed by atoms with van der Waals surface area (Å²) in [6, 6.07) is 22.8. The Morgan fingerprint density at radius 1 is 0.950 bits per heavy atom. The van der Waals surface area contributed by atoms with Gasteiger partial charge in [-0.3, -0.25) is 14.5 Å². The van der Waals surface area contributed by atoms with Crippen molar-refractivity contribution in [2.45, 2.75) is 46.1 Å². The fourth-order valence-corrected chi connectivity index (χ4v) is 5.28. The third-order valence-electron chi connectivity index (χ3n) is 7.43. The Kier molecular flexibility index (Phi) is 6.88. The molecule has 0 spiro atoms. The van der Waals surface area contributed by atoms with E-state index in [1.165, 1.54) is 11.0 Å². The molecule has 2 N–H and O–H groups in total. The number of hydrogen-bond donors (Lipinski definition) is 2. The van der Waals surface area contributed by atoms with Crippen LogP contribution in [0.25, 0.3) is 16.5 Å². The van der Waals surface area contributed by atoms with Gasteiger partial charge < -0.3 is 14.9 Å². The smallest absolute Gasteiger partial charge is 0.300 e. The van der Waals surface area contributed by atoms with Gasteiger partial charge in [-0.2, -0.15) is 0 Å². The number of amides is 1. The fourth-order valence-electron chi connectivity index (χ4n) is 5.28. The van der Waals surface area contributed by atoms with Crippen molar-refractivity contribution in [3.63, 3.8) is 0 Å². The normalized spacial score (nSPS) is 17.0. The van der Waals surface area contributed by atoms with Crippen molar-refractivity contribution >= 4 is 33.9 Å². The first-order valence-electron chi connectivity index (χ1n) is 13.4. The molecule has 4 aromatic rings. The molecule has 204 valence electrons. The number of carbonyl (C=O) groups is 2. The Labute approximate surface area is 234 Å². The molecular formula is C34H33NO5. The lowest BCUT2D eigenvalue weighted by Crippen LogP contribution is -2.29. The number of ether oxygens (including phenoxy) is 1. The zero-order valence-corrected chi connectivity index (χ0v) is 23.4. The van der Waals surface area contributed by atoms with E-state index in [0.717, 1.165) is 21.9 Å². The molecule has 0 aromatic heterocycles. The number of hydrogen-bond acceptors (Lipinski definition) is 5. The van der Waals surface area contributed by atoms with Crippen LogP contribution in [0.1, 0.15) is 56.0 Å². The van der Waals surface area contributed by atoms with Crippen molar-refractivity contribution in [1.29, 1.82) is 0 Å². The van der Waals surface area contributed by atoms with Crippen molar-refractivity contribution in [3.8, 4) is 11.5 Å². The van der Waals surface area contributed by atoms with Gasteiger partial charge in [-0.05, 0) is 65.6 Å². The average Bonchev–Trinajstić information content (AvgIpc) is 3.19. The van der Waals surface area contributed by atoms with Crippen LogP contribution in [-0.2, 0) is 15.0 Å². The Hall–Kier alpha value is -4.58. The van der Waals surface area contributed by atoms with Gasteiger partial charge in [0.1, 0.15) is 5.76 Å². The molecule has 1 amide bonds. The summed E-state index contributed by atoms with van der Waals surface area (Å²) in [6.07, 6.45) is 0. The Balaban J connectivity index is 1.81. The lowest BCUT2D eigenvalue weighted by Gasteiger charge is -2.27. The fraction of sp³-hybridized carbons (Fsp3) is 0.235. The highest BCUT2D eigenvalue weighted by Gasteiger charge is 2.47. The number of benzene rings is 4. The van der Waals surface area contributed by atoms with Crippen LogP contribution in [0.15, 0.2) is 84.4 Å². The van der Waals surface area contributed by atoms with Crippen LogP contribution in [0.3, 0.4) is 0 Å². The van der Waals surface area contributed by atoms with Crippen molar-refractivity contribution in [3.05, 3.63) is 107 Å². The highest BCUT2D eigenvalue weighted by Crippen LogP contribution is 2.46. The van der Waals surface area contributed by atoms with Gasteiger partial charge in [0, 0.05) is 10.9 Å². The summed E-state index contributed by atoms with van der Waals surface area (Å²) in [5.41, 5.74) is 3.14. The van der Waals surface area contributed by atoms with Gasteiger partial charge in [-0.1, -0.05) is 75.4 Å². The van der Waals surface area contributed by atoms with Crippen LogP contribution in [0.5, 0.6) is 11.5 Å². The average molecular weight is 536 g/mol. The first-order chi connectivity index (χ1) is 19.0. The number of carbonyl (C=O) groups excluding carboxylic acids is 2. The van der Waals surface area contributed by atoms with Gasteiger partial charge in [0.25, 0.3) is 11.7 Å². The van der Waals surface area contributed by atoms with Crippen molar-refractivity contribution < 1.29 is 24.5 Å². The second-order valence-electron chi connectivity index (χ2n) is 11.1. The largest absolute Gasteiger partial charge is 0.507 e. The molecule has 1 heterocycles. The van der Waals surface area contributed by atoms with E-state index < -0.39 is 17.7 Å². The van der Waals surface area contributed by atoms with Crippen LogP contribution in [-0.4, -0.2) is 28.5 Å². The predicted octanol–water partition coefficient (Wildman–Crippen LogP) is 7.18. The molecule has 1 aliphatic heterocycles. The van der Waals surface area contributed by atoms with Crippen LogP contribution in [0, 0.1) is 6.92 Å². The molecular weight excluding hydrogens is 502 g/mol. The van der Waals surface area contributed by atoms with Crippen LogP contribution in [0.4, 0.5) is 5.69 Å². The molecule has 0 aliphatic carbocycles. The molecule has 40 heavy (non-hydrogen) atoms. The Morgan fingerprint density at radius 2 is 1.68 bits per heavy atom. The number of phenolic OH excluding ortho intramolecular Hbond substituents is 1. The summed E-state index contributed by atoms with van der Waals surface area (Å²) in [5.74, 6) is -1.57. The molecule has 6 heteroatoms. The van der Waals surface area contributed by atoms with Crippen molar-refractivity contribution in [2.24, 2.45) is 0 Å². The van der Waals surface area contributed by atoms with Gasteiger partial charge in [0.15, 0.2) is 11.5 Å². The summed E-state index contributed by atoms with van der Waals surface area (Å²) in [4.78, 5) is 29.1. The van der Waals surface area contributed by atoms with E-state index in [4.69, 9.17) is 4.74 Å². The number of fused-ring (bicyclic) bond motifs is 1. The molecule has 0 saturated carbocycles. The summed E-state index contributed by atoms with van der Waals surface area (Å²) in [5, 5.41) is 23.9. The molecule has 5 rings (SSSR count). The summed E-state index contributed by atoms with van der Waals surface area (Å²) >= 11 is 0. The minimum absolute atomic E-state index is 0.0137. The first-order valence-corrected chi connectivity index (χ1v) is 13.4. The third kappa shape index (κ3) is 4.60. The minimum atomic E-state index is -0.955. The highest BCUT2D eigenvalue weighted by atomic mass is 16.5. The molecule has 6 nitrogen and oxygen atoms in total. The number of phenols is 1. The van der Waals surface area contributed by atoms with Crippen LogP contribution < -0.4 is 9.64 Å². The van der Waals surface area contributed by atoms with Gasteiger partial charge in [0.2, 0.25) is 0 Å². The molecule has 1 saturated heterocycles. The maximum atomic E-state index is 13.8. The van der Waals surface area contributed by atoms with Crippen molar-refractivity contribution in [1.82, 2.24) is 0 Å². The Morgan fingerprint density at radius 3 is 2.40 bits per heavy atom. The number of aliphatic hydroxyl groups excluding tert-OH is 1. The first kappa shape index (κ1) is 27.0. The van der Waals surface area contributed by atoms with Gasteiger partial charge in [-0.25, -0.2) is 0 Å². The number of nitrogens with zero attached hydrogens (tertiary/aromatic N) is 1. The summed E-state index contributed by atoms with van der Waals surface area (Å²) in [6.45, 7) is 10.2. The lowest BCUT2D eigenvalue weighted by atomic mass is 9.84. The van der Waals surface area contributed by atoms with Crippen LogP contribution >= 0.6 is 0 Å². The quantitative estimate of drug-likeness (QED) is 0.161. The topological polar surface area (TPSA) is 87.1 Å². The van der Waals surface area contributed by atoms with Crippen LogP contribution in [0.2, 0.25) is 0 Å². The summed E-state index contributed by atoms with van der Waals surface area (Å²) in [7, 11) is 0. The lowest BCUT2D eigenvalue weighted by molar-refractivity contribution is -0.132. The van der Waals surface area contributed by atoms with E-state index >= 15 is 0 Å². The second kappa shape index (κ2) is 10.2. The number of aromatic hydroxyl groups is 1. The monoisotopic (exact) mass is 535 g/mol. The summed E-state index contributed by atoms with van der Waals surface area (Å²) < 4.78 is 5.64. The second-order valence-corrected chi connectivity index (χ2v) is 11.1. The number of anilines is 1. The molecule has 1 unspecified atom stereocenters. The Bertz CT molecular complexity index is 1670. The third-order valence-corrected chi connectivity index (χ3v) is 7.43. The van der Waals surface area contributed by atoms with E-state index in [9.17, 15) is 19.8 Å². The van der Waals surface area contributed by atoms with Gasteiger partial charge >= 0.3 is 0 Å². The molecule has 0 bridgehead atoms. The molecule has 1 aliphatic rings. The van der Waals surface area contributed by atoms with Gasteiger partial charge in [-0.15, -0.1) is 0 Å². The molecule has 1 fully saturated rings. The van der Waals surface area contributed by atoms with E-state index in [1.807, 2.05) is 61.5 Å². The number of aryl methyl sites for hydroxylation is 1. The zero-order chi connectivity index (χ0) is 28.8. The van der Waals surface area contributed by atoms with E-state index in [0.29, 0.717) is 23.4 Å². The number of rotatable bonds is 5. The maximum Gasteiger partial charge on any atom is 0.300 e. The predicted molar refractivity (Wildman–Crippen MR) is 158 cm³/mol. The van der Waals surface area contributed by atoms with Gasteiger partial charge in [0.05, 0.1) is 23.9 Å². The van der Waals surface area contributed by atoms with E-state index in [1.54, 1.807) is 25.1 Å². The zero-order valence-electron chi connectivity index (χ0n) is 23.4. The molecule has 1 atom stereocenters. The standard InChI is InChI=1S/C34H33NO5/c1-6-40-28-18-22(15-17-27(28)36)30-29(31(37)25-19-23(34(3,4)5)16-14-20(25)2)32(38)33(39)35(30)26-13-9-11-21-10-7-8-12-24(21)26/h7-19,30,36-37H,6H2,1-5H3/b31-29+. The molecule has 0 radical (unpaired) electrons. The minimum Gasteiger partial charge on any atom is -0.507 e. The van der Waals surface area contributed by atoms with Crippen molar-refractivity contribution in [2.75, 3.05) is 11.5 Å². The highest BCUT2D eigenvalue weighted by molar-refractivity contribution is 6.52. The number of ketones is 1. The molecule has 4 aromatic carbocycles. The number of aliphatic hydroxyl groups is 1.